The maximum Gasteiger partial charge on any atom is 0.340 e. The molecule has 3 aromatic rings. The fourth-order valence-corrected chi connectivity index (χ4v) is 2.28. The first-order valence-corrected chi connectivity index (χ1v) is 8.09. The number of esters is 1. The van der Waals surface area contributed by atoms with Gasteiger partial charge >= 0.3 is 11.9 Å². The Morgan fingerprint density at radius 3 is 2.78 bits per heavy atom. The Bertz CT molecular complexity index is 977. The smallest absolute Gasteiger partial charge is 0.340 e. The fraction of sp³-hybridized carbons (Fsp3) is 0.235. The van der Waals surface area contributed by atoms with Crippen LogP contribution in [-0.2, 0) is 9.53 Å². The molecule has 0 aliphatic carbocycles. The number of carbonyl (C=O) groups is 3. The first kappa shape index (κ1) is 18.1. The van der Waals surface area contributed by atoms with Gasteiger partial charge in [-0.15, -0.1) is 0 Å². The van der Waals surface area contributed by atoms with Crippen molar-refractivity contribution in [3.05, 3.63) is 48.2 Å². The largest absolute Gasteiger partial charge is 0.459 e. The molecule has 3 rings (SSSR count). The zero-order chi connectivity index (χ0) is 19.4. The van der Waals surface area contributed by atoms with Gasteiger partial charge < -0.3 is 9.15 Å². The average Bonchev–Trinajstić information content (AvgIpc) is 3.32. The highest BCUT2D eigenvalue weighted by molar-refractivity contribution is 5.95. The molecule has 0 aliphatic heterocycles. The minimum absolute atomic E-state index is 0.0358. The molecule has 0 aliphatic rings. The predicted octanol–water partition coefficient (Wildman–Crippen LogP) is 1.22. The first-order valence-electron chi connectivity index (χ1n) is 8.09. The molecule has 0 fully saturated rings. The van der Waals surface area contributed by atoms with Gasteiger partial charge in [-0.3, -0.25) is 20.4 Å². The van der Waals surface area contributed by atoms with Crippen LogP contribution in [0.1, 0.15) is 40.8 Å². The summed E-state index contributed by atoms with van der Waals surface area (Å²) in [5.74, 6) is -2.01. The van der Waals surface area contributed by atoms with E-state index in [1.54, 1.807) is 16.9 Å². The average molecular weight is 371 g/mol. The zero-order valence-corrected chi connectivity index (χ0v) is 14.6. The number of hydrazine groups is 1. The van der Waals surface area contributed by atoms with Crippen molar-refractivity contribution < 1.29 is 23.5 Å². The lowest BCUT2D eigenvalue weighted by atomic mass is 10.2. The van der Waals surface area contributed by atoms with Gasteiger partial charge in [-0.2, -0.15) is 5.10 Å². The van der Waals surface area contributed by atoms with Gasteiger partial charge in [-0.05, 0) is 32.0 Å². The van der Waals surface area contributed by atoms with Crippen LogP contribution in [-0.4, -0.2) is 39.2 Å². The molecule has 2 N–H and O–H groups in total. The number of fused-ring (bicyclic) bond motifs is 1. The summed E-state index contributed by atoms with van der Waals surface area (Å²) in [6.07, 6.45) is 4.30. The number of hydrogen-bond donors (Lipinski definition) is 2. The molecule has 0 spiro atoms. The van der Waals surface area contributed by atoms with Crippen molar-refractivity contribution >= 4 is 28.8 Å². The summed E-state index contributed by atoms with van der Waals surface area (Å²) in [5, 5.41) is 4.91. The van der Waals surface area contributed by atoms with Crippen LogP contribution >= 0.6 is 0 Å². The lowest BCUT2D eigenvalue weighted by molar-refractivity contribution is -0.125. The Kier molecular flexibility index (Phi) is 5.15. The van der Waals surface area contributed by atoms with Crippen LogP contribution in [0.3, 0.4) is 0 Å². The van der Waals surface area contributed by atoms with Gasteiger partial charge in [-0.25, -0.2) is 14.5 Å². The van der Waals surface area contributed by atoms with Crippen molar-refractivity contribution in [2.45, 2.75) is 19.9 Å². The summed E-state index contributed by atoms with van der Waals surface area (Å²) in [6, 6.07) is 4.70. The van der Waals surface area contributed by atoms with Crippen LogP contribution in [0.15, 0.2) is 41.3 Å². The van der Waals surface area contributed by atoms with Crippen LogP contribution in [0.5, 0.6) is 0 Å². The van der Waals surface area contributed by atoms with Gasteiger partial charge in [0.15, 0.2) is 18.0 Å². The predicted molar refractivity (Wildman–Crippen MR) is 92.5 cm³/mol. The Balaban J connectivity index is 1.53. The lowest BCUT2D eigenvalue weighted by Crippen LogP contribution is -2.43. The second kappa shape index (κ2) is 7.68. The van der Waals surface area contributed by atoms with Crippen molar-refractivity contribution in [3.63, 3.8) is 0 Å². The number of nitrogens with zero attached hydrogens (tertiary/aromatic N) is 3. The molecule has 0 radical (unpaired) electrons. The quantitative estimate of drug-likeness (QED) is 0.510. The van der Waals surface area contributed by atoms with Gasteiger partial charge in [0.25, 0.3) is 5.91 Å². The van der Waals surface area contributed by atoms with Gasteiger partial charge in [0.05, 0.1) is 18.0 Å². The summed E-state index contributed by atoms with van der Waals surface area (Å²) >= 11 is 0. The number of hydrogen-bond acceptors (Lipinski definition) is 7. The molecule has 140 valence electrons. The summed E-state index contributed by atoms with van der Waals surface area (Å²) in [6.45, 7) is 3.37. The molecule has 0 bridgehead atoms. The number of aromatic nitrogens is 3. The van der Waals surface area contributed by atoms with E-state index >= 15 is 0 Å². The molecule has 0 saturated heterocycles. The van der Waals surface area contributed by atoms with Gasteiger partial charge in [0.2, 0.25) is 0 Å². The van der Waals surface area contributed by atoms with E-state index < -0.39 is 24.4 Å². The highest BCUT2D eigenvalue weighted by Crippen LogP contribution is 2.17. The van der Waals surface area contributed by atoms with Gasteiger partial charge in [0, 0.05) is 17.6 Å². The standard InChI is InChI=1S/C17H17N5O5/c1-10(2)22-15-11(8-19-22)6-12(7-18-15)17(25)27-9-14(23)20-21-16(24)13-4-3-5-26-13/h3-8,10H,9H2,1-2H3,(H,20,23)(H,21,24). The van der Waals surface area contributed by atoms with Crippen LogP contribution in [0.4, 0.5) is 0 Å². The maximum atomic E-state index is 12.1. The zero-order valence-electron chi connectivity index (χ0n) is 14.6. The molecule has 27 heavy (non-hydrogen) atoms. The van der Waals surface area contributed by atoms with E-state index in [0.717, 1.165) is 0 Å². The molecule has 0 aromatic carbocycles. The minimum atomic E-state index is -0.714. The molecule has 0 saturated carbocycles. The highest BCUT2D eigenvalue weighted by atomic mass is 16.5. The number of amides is 2. The summed E-state index contributed by atoms with van der Waals surface area (Å²) < 4.78 is 11.5. The second-order valence-corrected chi connectivity index (χ2v) is 5.88. The maximum absolute atomic E-state index is 12.1. The van der Waals surface area contributed by atoms with Gasteiger partial charge in [0.1, 0.15) is 0 Å². The second-order valence-electron chi connectivity index (χ2n) is 5.88. The van der Waals surface area contributed by atoms with Crippen LogP contribution in [0.25, 0.3) is 11.0 Å². The summed E-state index contributed by atoms with van der Waals surface area (Å²) in [7, 11) is 0. The summed E-state index contributed by atoms with van der Waals surface area (Å²) in [4.78, 5) is 39.6. The number of carbonyl (C=O) groups excluding carboxylic acids is 3. The lowest BCUT2D eigenvalue weighted by Gasteiger charge is -2.08. The molecule has 10 nitrogen and oxygen atoms in total. The van der Waals surface area contributed by atoms with E-state index in [9.17, 15) is 14.4 Å². The minimum Gasteiger partial charge on any atom is -0.459 e. The van der Waals surface area contributed by atoms with E-state index in [4.69, 9.17) is 9.15 Å². The number of pyridine rings is 1. The SMILES string of the molecule is CC(C)n1ncc2cc(C(=O)OCC(=O)NNC(=O)c3ccco3)cnc21. The topological polar surface area (TPSA) is 128 Å². The van der Waals surface area contributed by atoms with E-state index in [-0.39, 0.29) is 17.4 Å². The number of ether oxygens (including phenoxy) is 1. The molecule has 0 atom stereocenters. The third-order valence-electron chi connectivity index (χ3n) is 3.55. The molecule has 2 amide bonds. The van der Waals surface area contributed by atoms with Crippen LogP contribution in [0, 0.1) is 0 Å². The molecule has 3 aromatic heterocycles. The Morgan fingerprint density at radius 2 is 2.07 bits per heavy atom. The monoisotopic (exact) mass is 371 g/mol. The van der Waals surface area contributed by atoms with E-state index in [1.165, 1.54) is 24.6 Å². The third-order valence-corrected chi connectivity index (χ3v) is 3.55. The van der Waals surface area contributed by atoms with Crippen molar-refractivity contribution in [2.75, 3.05) is 6.61 Å². The molecule has 0 unspecified atom stereocenters. The Labute approximate surface area is 153 Å². The van der Waals surface area contributed by atoms with Crippen molar-refractivity contribution in [3.8, 4) is 0 Å². The molecule has 10 heteroatoms. The van der Waals surface area contributed by atoms with E-state index in [1.807, 2.05) is 13.8 Å². The van der Waals surface area contributed by atoms with Crippen molar-refractivity contribution in [1.29, 1.82) is 0 Å². The molecular formula is C17H17N5O5. The third kappa shape index (κ3) is 4.11. The van der Waals surface area contributed by atoms with E-state index in [0.29, 0.717) is 11.0 Å². The molecule has 3 heterocycles. The fourth-order valence-electron chi connectivity index (χ4n) is 2.28. The van der Waals surface area contributed by atoms with Crippen molar-refractivity contribution in [1.82, 2.24) is 25.6 Å². The number of nitrogens with one attached hydrogen (secondary N) is 2. The normalized spacial score (nSPS) is 10.8. The highest BCUT2D eigenvalue weighted by Gasteiger charge is 2.15. The first-order chi connectivity index (χ1) is 13.0. The van der Waals surface area contributed by atoms with Crippen LogP contribution in [0.2, 0.25) is 0 Å². The molecular weight excluding hydrogens is 354 g/mol. The number of rotatable bonds is 5. The van der Waals surface area contributed by atoms with Crippen molar-refractivity contribution in [2.24, 2.45) is 0 Å². The van der Waals surface area contributed by atoms with Gasteiger partial charge in [-0.1, -0.05) is 0 Å². The van der Waals surface area contributed by atoms with Crippen LogP contribution < -0.4 is 10.9 Å². The Hall–Kier alpha value is -3.69. The summed E-state index contributed by atoms with van der Waals surface area (Å²) in [5.41, 5.74) is 5.10. The van der Waals surface area contributed by atoms with E-state index in [2.05, 4.69) is 20.9 Å². The number of furan rings is 1. The Morgan fingerprint density at radius 1 is 1.26 bits per heavy atom.